The van der Waals surface area contributed by atoms with E-state index in [1.54, 1.807) is 0 Å². The smallest absolute Gasteiger partial charge is 0.252 e. The molecular weight excluding hydrogens is 294 g/mol. The lowest BCUT2D eigenvalue weighted by Crippen LogP contribution is -2.25. The second kappa shape index (κ2) is 7.54. The van der Waals surface area contributed by atoms with Gasteiger partial charge in [-0.25, -0.2) is 0 Å². The molecule has 0 spiro atoms. The molecule has 1 N–H and O–H groups in total. The summed E-state index contributed by atoms with van der Waals surface area (Å²) in [5.41, 5.74) is 1.80. The maximum absolute atomic E-state index is 11.9. The molecular formula is C14H20BrNO2. The van der Waals surface area contributed by atoms with E-state index >= 15 is 0 Å². The molecule has 3 nitrogen and oxygen atoms in total. The number of benzene rings is 1. The highest BCUT2D eigenvalue weighted by Gasteiger charge is 2.08. The summed E-state index contributed by atoms with van der Waals surface area (Å²) in [7, 11) is 0. The van der Waals surface area contributed by atoms with Crippen molar-refractivity contribution in [3.05, 3.63) is 33.8 Å². The molecule has 0 heterocycles. The third kappa shape index (κ3) is 5.19. The van der Waals surface area contributed by atoms with Crippen LogP contribution in [0.4, 0.5) is 0 Å². The number of hydrogen-bond donors (Lipinski definition) is 1. The zero-order valence-electron chi connectivity index (χ0n) is 11.1. The minimum Gasteiger partial charge on any atom is -0.379 e. The first-order valence-electron chi connectivity index (χ1n) is 6.16. The highest BCUT2D eigenvalue weighted by atomic mass is 79.9. The quantitative estimate of drug-likeness (QED) is 0.818. The molecule has 0 aliphatic carbocycles. The molecule has 1 amide bonds. The molecule has 0 aromatic heterocycles. The van der Waals surface area contributed by atoms with Crippen LogP contribution in [0.2, 0.25) is 0 Å². The predicted octanol–water partition coefficient (Wildman–Crippen LogP) is 3.30. The van der Waals surface area contributed by atoms with Gasteiger partial charge in [-0.15, -0.1) is 0 Å². The van der Waals surface area contributed by atoms with E-state index in [2.05, 4.69) is 21.2 Å². The van der Waals surface area contributed by atoms with Crippen LogP contribution in [-0.4, -0.2) is 25.2 Å². The number of amides is 1. The normalized spacial score (nSPS) is 10.7. The van der Waals surface area contributed by atoms with Gasteiger partial charge >= 0.3 is 0 Å². The summed E-state index contributed by atoms with van der Waals surface area (Å²) in [6, 6.07) is 5.71. The fraction of sp³-hybridized carbons (Fsp3) is 0.500. The molecule has 0 saturated heterocycles. The van der Waals surface area contributed by atoms with Gasteiger partial charge in [0.25, 0.3) is 5.91 Å². The van der Waals surface area contributed by atoms with E-state index in [4.69, 9.17) is 4.74 Å². The van der Waals surface area contributed by atoms with Gasteiger partial charge in [-0.2, -0.15) is 0 Å². The second-order valence-electron chi connectivity index (χ2n) is 4.51. The van der Waals surface area contributed by atoms with Gasteiger partial charge in [0.05, 0.1) is 11.7 Å². The topological polar surface area (TPSA) is 38.3 Å². The van der Waals surface area contributed by atoms with Gasteiger partial charge in [0.2, 0.25) is 0 Å². The average Bonchev–Trinajstić information content (AvgIpc) is 2.27. The van der Waals surface area contributed by atoms with Gasteiger partial charge in [0.1, 0.15) is 0 Å². The second-order valence-corrected chi connectivity index (χ2v) is 5.37. The molecule has 0 aliphatic heterocycles. The summed E-state index contributed by atoms with van der Waals surface area (Å²) < 4.78 is 6.24. The predicted molar refractivity (Wildman–Crippen MR) is 76.9 cm³/mol. The third-order valence-corrected chi connectivity index (χ3v) is 3.08. The molecule has 100 valence electrons. The molecule has 0 atom stereocenters. The number of carbonyl (C=O) groups is 1. The largest absolute Gasteiger partial charge is 0.379 e. The van der Waals surface area contributed by atoms with Crippen LogP contribution in [0.25, 0.3) is 0 Å². The molecule has 0 unspecified atom stereocenters. The van der Waals surface area contributed by atoms with Crippen LogP contribution in [-0.2, 0) is 4.74 Å². The van der Waals surface area contributed by atoms with Crippen molar-refractivity contribution in [3.8, 4) is 0 Å². The van der Waals surface area contributed by atoms with Gasteiger partial charge < -0.3 is 10.1 Å². The van der Waals surface area contributed by atoms with Gasteiger partial charge in [-0.1, -0.05) is 6.07 Å². The van der Waals surface area contributed by atoms with Crippen LogP contribution in [0.5, 0.6) is 0 Å². The Bertz CT molecular complexity index is 405. The van der Waals surface area contributed by atoms with E-state index in [0.717, 1.165) is 16.5 Å². The lowest BCUT2D eigenvalue weighted by Gasteiger charge is -2.09. The molecule has 1 rings (SSSR count). The lowest BCUT2D eigenvalue weighted by atomic mass is 10.1. The zero-order chi connectivity index (χ0) is 13.5. The third-order valence-electron chi connectivity index (χ3n) is 2.43. The summed E-state index contributed by atoms with van der Waals surface area (Å²) in [5, 5.41) is 2.88. The molecule has 0 fully saturated rings. The van der Waals surface area contributed by atoms with Crippen molar-refractivity contribution in [1.29, 1.82) is 0 Å². The number of halogens is 1. The van der Waals surface area contributed by atoms with E-state index < -0.39 is 0 Å². The van der Waals surface area contributed by atoms with Crippen LogP contribution >= 0.6 is 15.9 Å². The first-order valence-corrected chi connectivity index (χ1v) is 6.96. The van der Waals surface area contributed by atoms with Crippen molar-refractivity contribution >= 4 is 21.8 Å². The van der Waals surface area contributed by atoms with Gasteiger partial charge in [0.15, 0.2) is 0 Å². The molecule has 0 aliphatic rings. The van der Waals surface area contributed by atoms with E-state index in [9.17, 15) is 4.79 Å². The highest BCUT2D eigenvalue weighted by Crippen LogP contribution is 2.18. The van der Waals surface area contributed by atoms with Crippen LogP contribution in [0.3, 0.4) is 0 Å². The first kappa shape index (κ1) is 15.2. The Balaban J connectivity index is 2.36. The lowest BCUT2D eigenvalue weighted by molar-refractivity contribution is 0.0757. The van der Waals surface area contributed by atoms with Gasteiger partial charge in [-0.3, -0.25) is 4.79 Å². The Morgan fingerprint density at radius 2 is 2.17 bits per heavy atom. The van der Waals surface area contributed by atoms with Crippen molar-refractivity contribution in [2.75, 3.05) is 13.2 Å². The number of ether oxygens (including phenoxy) is 1. The summed E-state index contributed by atoms with van der Waals surface area (Å²) in [4.78, 5) is 11.9. The summed E-state index contributed by atoms with van der Waals surface area (Å²) in [5.74, 6) is -0.0496. The number of hydrogen-bond acceptors (Lipinski definition) is 2. The van der Waals surface area contributed by atoms with E-state index in [0.29, 0.717) is 18.7 Å². The van der Waals surface area contributed by atoms with Crippen molar-refractivity contribution in [1.82, 2.24) is 5.32 Å². The van der Waals surface area contributed by atoms with Crippen molar-refractivity contribution in [2.45, 2.75) is 33.3 Å². The van der Waals surface area contributed by atoms with E-state index in [-0.39, 0.29) is 12.0 Å². The SMILES string of the molecule is Cc1ccc(C(=O)NCCCOC(C)C)c(Br)c1. The summed E-state index contributed by atoms with van der Waals surface area (Å²) in [6.45, 7) is 7.30. The Kier molecular flexibility index (Phi) is 6.36. The standard InChI is InChI=1S/C14H20BrNO2/c1-10(2)18-8-4-7-16-14(17)12-6-5-11(3)9-13(12)15/h5-6,9-10H,4,7-8H2,1-3H3,(H,16,17). The Hall–Kier alpha value is -0.870. The van der Waals surface area contributed by atoms with Crippen molar-refractivity contribution in [2.24, 2.45) is 0 Å². The molecule has 0 radical (unpaired) electrons. The number of rotatable bonds is 6. The highest BCUT2D eigenvalue weighted by molar-refractivity contribution is 9.10. The fourth-order valence-electron chi connectivity index (χ4n) is 1.49. The Labute approximate surface area is 117 Å². The van der Waals surface area contributed by atoms with Crippen LogP contribution in [0.1, 0.15) is 36.2 Å². The number of nitrogens with one attached hydrogen (secondary N) is 1. The van der Waals surface area contributed by atoms with Crippen LogP contribution < -0.4 is 5.32 Å². The molecule has 0 saturated carbocycles. The van der Waals surface area contributed by atoms with Crippen LogP contribution in [0, 0.1) is 6.92 Å². The number of carbonyl (C=O) groups excluding carboxylic acids is 1. The van der Waals surface area contributed by atoms with E-state index in [1.807, 2.05) is 39.0 Å². The Morgan fingerprint density at radius 3 is 2.78 bits per heavy atom. The molecule has 1 aromatic rings. The molecule has 18 heavy (non-hydrogen) atoms. The summed E-state index contributed by atoms with van der Waals surface area (Å²) in [6.07, 6.45) is 1.07. The monoisotopic (exact) mass is 313 g/mol. The maximum atomic E-state index is 11.9. The van der Waals surface area contributed by atoms with Crippen molar-refractivity contribution in [3.63, 3.8) is 0 Å². The minimum atomic E-state index is -0.0496. The Morgan fingerprint density at radius 1 is 1.44 bits per heavy atom. The van der Waals surface area contributed by atoms with Crippen LogP contribution in [0.15, 0.2) is 22.7 Å². The maximum Gasteiger partial charge on any atom is 0.252 e. The molecule has 0 bridgehead atoms. The van der Waals surface area contributed by atoms with Gasteiger partial charge in [0, 0.05) is 17.6 Å². The zero-order valence-corrected chi connectivity index (χ0v) is 12.7. The first-order chi connectivity index (χ1) is 8.50. The van der Waals surface area contributed by atoms with Gasteiger partial charge in [-0.05, 0) is 60.8 Å². The summed E-state index contributed by atoms with van der Waals surface area (Å²) >= 11 is 3.40. The van der Waals surface area contributed by atoms with Crippen molar-refractivity contribution < 1.29 is 9.53 Å². The average molecular weight is 314 g/mol. The number of aryl methyl sites for hydroxylation is 1. The molecule has 4 heteroatoms. The fourth-order valence-corrected chi connectivity index (χ4v) is 2.17. The minimum absolute atomic E-state index is 0.0496. The molecule has 1 aromatic carbocycles. The van der Waals surface area contributed by atoms with E-state index in [1.165, 1.54) is 0 Å².